The third-order valence-corrected chi connectivity index (χ3v) is 21.4. The lowest BCUT2D eigenvalue weighted by Gasteiger charge is -2.33. The zero-order valence-corrected chi connectivity index (χ0v) is 78.2. The molecule has 0 aliphatic carbocycles. The van der Waals surface area contributed by atoms with Gasteiger partial charge in [0.1, 0.15) is 96.7 Å². The van der Waals surface area contributed by atoms with Crippen molar-refractivity contribution in [1.29, 1.82) is 10.8 Å². The molecule has 0 saturated carbocycles. The van der Waals surface area contributed by atoms with E-state index in [-0.39, 0.29) is 76.8 Å². The minimum atomic E-state index is -2.01. The number of rotatable bonds is 61. The van der Waals surface area contributed by atoms with Crippen molar-refractivity contribution >= 4 is 118 Å². The van der Waals surface area contributed by atoms with Crippen LogP contribution in [0.2, 0.25) is 0 Å². The number of aliphatic carboxylic acids is 1. The molecule has 48 nitrogen and oxygen atoms in total. The molecule has 4 rings (SSSR count). The first-order valence-electron chi connectivity index (χ1n) is 44.7. The molecule has 17 amide bonds. The van der Waals surface area contributed by atoms with Gasteiger partial charge in [0.15, 0.2) is 11.9 Å². The van der Waals surface area contributed by atoms with E-state index in [9.17, 15) is 93.0 Å². The third-order valence-electron chi connectivity index (χ3n) is 21.4. The summed E-state index contributed by atoms with van der Waals surface area (Å²) < 4.78 is 0. The third kappa shape index (κ3) is 41.5. The maximum absolute atomic E-state index is 15.2. The Hall–Kier alpha value is -14.4. The molecule has 4 aromatic rings. The quantitative estimate of drug-likeness (QED) is 0.0111. The van der Waals surface area contributed by atoms with Crippen molar-refractivity contribution in [2.75, 3.05) is 40.0 Å². The number of aliphatic hydroxyl groups is 5. The molecule has 48 heteroatoms. The van der Waals surface area contributed by atoms with Gasteiger partial charge in [-0.1, -0.05) is 149 Å². The van der Waals surface area contributed by atoms with Crippen LogP contribution in [-0.2, 0) is 112 Å². The van der Waals surface area contributed by atoms with Crippen LogP contribution in [0.15, 0.2) is 121 Å². The molecule has 758 valence electrons. The highest BCUT2D eigenvalue weighted by molar-refractivity contribution is 6.02. The molecule has 138 heavy (non-hydrogen) atoms. The first kappa shape index (κ1) is 116. The highest BCUT2D eigenvalue weighted by Gasteiger charge is 2.42. The van der Waals surface area contributed by atoms with Gasteiger partial charge in [-0.3, -0.25) is 97.1 Å². The average molecular weight is 1940 g/mol. The molecule has 0 heterocycles. The fourth-order valence-corrected chi connectivity index (χ4v) is 13.9. The number of carboxylic acids is 1. The topological polar surface area (TPSA) is 802 Å². The SMILES string of the molecule is CC(C)C[C@H](NC(=O)[C@H](CCCNC(=N)N)NC(=O)[C@H](Cc1ccccc1)NC(=O)[C@H](Cc1ccccc1)NC(=O)[C@@H](NC(=O)[C@H](CO)NC(=O)[C@H](CC(C)C)NC(=O)[C@@H](N)CO)[C@@H](C)O)C(=O)N[C@@H](Cc1ccccc1)C(=O)N[C@@H](CC(N)=O)C(=O)N[C@@H](CCCNC(=N)N)C(=O)N[C@@H](CO)C(=O)N[C@@H](Cc1ccccc1)C(=O)N[C@H](C(=O)N(C)[C@@H](CCC(N)=O)C(=O)N[C@@H](C)C(=O)O)[C@@H](C)O. The van der Waals surface area contributed by atoms with Gasteiger partial charge in [-0.05, 0) is 99.8 Å². The van der Waals surface area contributed by atoms with E-state index >= 15 is 24.0 Å². The first-order valence-corrected chi connectivity index (χ1v) is 44.7. The maximum Gasteiger partial charge on any atom is 0.325 e. The lowest BCUT2D eigenvalue weighted by molar-refractivity contribution is -0.146. The summed E-state index contributed by atoms with van der Waals surface area (Å²) in [6.07, 6.45) is -7.71. The lowest BCUT2D eigenvalue weighted by Crippen LogP contribution is -2.63. The van der Waals surface area contributed by atoms with E-state index < -0.39 is 279 Å². The van der Waals surface area contributed by atoms with Crippen molar-refractivity contribution in [2.45, 2.75) is 241 Å². The van der Waals surface area contributed by atoms with Gasteiger partial charge in [0.2, 0.25) is 100 Å². The van der Waals surface area contributed by atoms with Crippen molar-refractivity contribution in [3.8, 4) is 0 Å². The summed E-state index contributed by atoms with van der Waals surface area (Å²) in [7, 11) is 1.07. The highest BCUT2D eigenvalue weighted by Crippen LogP contribution is 2.18. The van der Waals surface area contributed by atoms with E-state index in [4.69, 9.17) is 39.5 Å². The maximum atomic E-state index is 15.2. The Labute approximate surface area is 797 Å². The molecule has 0 spiro atoms. The Balaban J connectivity index is 1.71. The zero-order chi connectivity index (χ0) is 103. The Morgan fingerprint density at radius 3 is 0.957 bits per heavy atom. The monoisotopic (exact) mass is 1940 g/mol. The smallest absolute Gasteiger partial charge is 0.325 e. The second-order valence-electron chi connectivity index (χ2n) is 34.0. The minimum absolute atomic E-state index is 0.00459. The predicted octanol–water partition coefficient (Wildman–Crippen LogP) is -8.50. The summed E-state index contributed by atoms with van der Waals surface area (Å²) in [5.74, 6) is -21.8. The van der Waals surface area contributed by atoms with E-state index in [1.807, 2.05) is 0 Å². The Morgan fingerprint density at radius 2 is 0.630 bits per heavy atom. The van der Waals surface area contributed by atoms with E-state index in [1.54, 1.807) is 149 Å². The second-order valence-corrected chi connectivity index (χ2v) is 34.0. The standard InChI is InChI=1S/C90H134N24O24/c1-47(2)37-59(103-73(122)56(91)44-115)77(126)111-67(46-117)84(133)112-71(50(6)118)86(135)109-63(41-54-27-17-11-18-28-54)80(129)106-61(39-52-23-13-9-14-24-52)78(127)101-57(31-21-35-98-89(94)95)74(123)104-60(38-48(3)4)76(125)105-62(40-53-25-15-10-16-26-53)79(128)108-65(43-70(93)121)81(130)102-58(32-22-36-99-90(96)97)75(124)110-66(45-116)83(132)107-64(42-55-29-19-12-20-30-55)82(131)113-72(51(7)119)87(136)114(8)68(33-34-69(92)120)85(134)100-49(5)88(137)138/h9-20,23-30,47-51,56-68,71-72,115-119H,21-22,31-46,91H2,1-8H3,(H2,92,120)(H2,93,121)(H,100,134)(H,101,127)(H,102,130)(H,103,122)(H,104,123)(H,105,125)(H,106,129)(H,107,132)(H,108,128)(H,109,135)(H,110,124)(H,111,126)(H,112,133)(H,113,131)(H,137,138)(H4,94,95,98)(H4,96,97,99)/t49-,50+,51+,56-,57-,58-,59-,60-,61-,62-,63-,64-,65-,66-,67-,68-,71-,72-/m0/s1. The van der Waals surface area contributed by atoms with Gasteiger partial charge in [-0.15, -0.1) is 0 Å². The van der Waals surface area contributed by atoms with E-state index in [2.05, 4.69) is 85.1 Å². The molecular formula is C90H134N24O24. The van der Waals surface area contributed by atoms with Crippen LogP contribution in [0.3, 0.4) is 0 Å². The summed E-state index contributed by atoms with van der Waals surface area (Å²) in [4.78, 5) is 253. The normalized spacial score (nSPS) is 15.0. The van der Waals surface area contributed by atoms with Crippen molar-refractivity contribution in [2.24, 2.45) is 40.5 Å². The number of nitrogens with zero attached hydrogens (tertiary/aromatic N) is 1. The summed E-state index contributed by atoms with van der Waals surface area (Å²) in [6.45, 7) is 6.92. The fourth-order valence-electron chi connectivity index (χ4n) is 13.9. The Morgan fingerprint density at radius 1 is 0.341 bits per heavy atom. The molecule has 0 aliphatic heterocycles. The van der Waals surface area contributed by atoms with Gasteiger partial charge in [-0.25, -0.2) is 0 Å². The first-order chi connectivity index (χ1) is 65.2. The largest absolute Gasteiger partial charge is 0.480 e. The number of guanidine groups is 2. The summed E-state index contributed by atoms with van der Waals surface area (Å²) in [6, 6.07) is 4.97. The number of hydrogen-bond donors (Lipinski definition) is 29. The predicted molar refractivity (Wildman–Crippen MR) is 500 cm³/mol. The molecule has 0 unspecified atom stereocenters. The van der Waals surface area contributed by atoms with Crippen LogP contribution in [0.1, 0.15) is 129 Å². The van der Waals surface area contributed by atoms with Gasteiger partial charge in [-0.2, -0.15) is 0 Å². The number of carbonyl (C=O) groups is 18. The van der Waals surface area contributed by atoms with Gasteiger partial charge < -0.3 is 149 Å². The van der Waals surface area contributed by atoms with Gasteiger partial charge >= 0.3 is 5.97 Å². The Kier molecular flexibility index (Phi) is 50.0. The Bertz CT molecular complexity index is 4760. The average Bonchev–Trinajstić information content (AvgIpc) is 0.826. The van der Waals surface area contributed by atoms with Crippen LogP contribution in [0.4, 0.5) is 0 Å². The molecule has 0 radical (unpaired) electrons. The second kappa shape index (κ2) is 59.5. The number of benzene rings is 4. The van der Waals surface area contributed by atoms with E-state index in [1.165, 1.54) is 0 Å². The van der Waals surface area contributed by atoms with Crippen molar-refractivity contribution in [3.63, 3.8) is 0 Å². The fraction of sp³-hybridized carbons (Fsp3) is 0.511. The van der Waals surface area contributed by atoms with Crippen LogP contribution in [0.25, 0.3) is 0 Å². The number of carboxylic acid groups (broad SMARTS) is 1. The van der Waals surface area contributed by atoms with Gasteiger partial charge in [0.25, 0.3) is 0 Å². The minimum Gasteiger partial charge on any atom is -0.480 e. The highest BCUT2D eigenvalue weighted by atomic mass is 16.4. The molecule has 4 aromatic carbocycles. The number of nitrogens with two attached hydrogens (primary N) is 5. The molecule has 0 aliphatic rings. The number of aliphatic hydroxyl groups excluding tert-OH is 5. The molecule has 34 N–H and O–H groups in total. The van der Waals surface area contributed by atoms with Gasteiger partial charge in [0.05, 0.1) is 38.4 Å². The number of amides is 17. The van der Waals surface area contributed by atoms with Crippen LogP contribution < -0.4 is 114 Å². The van der Waals surface area contributed by atoms with Gasteiger partial charge in [0, 0.05) is 52.2 Å². The number of primary amides is 2. The van der Waals surface area contributed by atoms with E-state index in [0.29, 0.717) is 22.3 Å². The number of hydrogen-bond acceptors (Lipinski definition) is 26. The molecular weight excluding hydrogens is 1800 g/mol. The van der Waals surface area contributed by atoms with Crippen LogP contribution in [-0.4, -0.2) is 303 Å². The number of likely N-dealkylation sites (N-methyl/N-ethyl adjacent to an activating group) is 1. The van der Waals surface area contributed by atoms with E-state index in [0.717, 1.165) is 32.7 Å². The van der Waals surface area contributed by atoms with Crippen molar-refractivity contribution < 1.29 is 117 Å². The molecule has 18 atom stereocenters. The zero-order valence-electron chi connectivity index (χ0n) is 78.2. The van der Waals surface area contributed by atoms with Crippen molar-refractivity contribution in [3.05, 3.63) is 144 Å². The molecule has 0 fully saturated rings. The molecule has 0 saturated heterocycles. The summed E-state index contributed by atoms with van der Waals surface area (Å²) in [5.41, 5.74) is 29.6. The summed E-state index contributed by atoms with van der Waals surface area (Å²) >= 11 is 0. The number of carbonyl (C=O) groups excluding carboxylic acids is 17. The van der Waals surface area contributed by atoms with Crippen LogP contribution >= 0.6 is 0 Å². The van der Waals surface area contributed by atoms with Crippen LogP contribution in [0, 0.1) is 22.7 Å². The molecule has 0 aromatic heterocycles. The number of nitrogens with one attached hydrogen (secondary N) is 18. The van der Waals surface area contributed by atoms with Crippen molar-refractivity contribution in [1.82, 2.24) is 90.0 Å². The lowest BCUT2D eigenvalue weighted by atomic mass is 9.99. The van der Waals surface area contributed by atoms with Crippen LogP contribution in [0.5, 0.6) is 0 Å². The molecule has 0 bridgehead atoms. The summed E-state index contributed by atoms with van der Waals surface area (Å²) in [5, 5.41) is 117.